The lowest BCUT2D eigenvalue weighted by atomic mass is 9.96. The molecule has 0 aliphatic heterocycles. The number of carbonyl (C=O) groups excluding carboxylic acids is 1. The van der Waals surface area contributed by atoms with Crippen LogP contribution in [0.2, 0.25) is 39.3 Å². The lowest BCUT2D eigenvalue weighted by Gasteiger charge is -2.21. The van der Waals surface area contributed by atoms with Gasteiger partial charge in [-0.2, -0.15) is 0 Å². The fourth-order valence-electron chi connectivity index (χ4n) is 1.38. The van der Waals surface area contributed by atoms with Crippen LogP contribution in [0.4, 0.5) is 0 Å². The van der Waals surface area contributed by atoms with E-state index in [2.05, 4.69) is 62.2 Å². The van der Waals surface area contributed by atoms with Crippen molar-refractivity contribution in [3.05, 3.63) is 0 Å². The van der Waals surface area contributed by atoms with Crippen LogP contribution in [0.5, 0.6) is 0 Å². The van der Waals surface area contributed by atoms with Gasteiger partial charge in [-0.1, -0.05) is 39.3 Å². The molecule has 0 aromatic rings. The predicted molar refractivity (Wildman–Crippen MR) is 93.1 cm³/mol. The Morgan fingerprint density at radius 3 is 1.67 bits per heavy atom. The van der Waals surface area contributed by atoms with E-state index in [0.717, 1.165) is 0 Å². The van der Waals surface area contributed by atoms with Crippen molar-refractivity contribution in [3.63, 3.8) is 0 Å². The van der Waals surface area contributed by atoms with Crippen molar-refractivity contribution in [3.8, 4) is 22.9 Å². The first-order valence-electron chi connectivity index (χ1n) is 7.29. The molecule has 0 bridgehead atoms. The van der Waals surface area contributed by atoms with E-state index in [1.54, 1.807) is 6.92 Å². The van der Waals surface area contributed by atoms with Gasteiger partial charge in [0, 0.05) is 12.8 Å². The highest BCUT2D eigenvalue weighted by atomic mass is 28.3. The molecule has 0 heterocycles. The van der Waals surface area contributed by atoms with Crippen LogP contribution in [0.25, 0.3) is 0 Å². The van der Waals surface area contributed by atoms with Crippen molar-refractivity contribution >= 4 is 22.1 Å². The molecule has 3 nitrogen and oxygen atoms in total. The molecule has 5 heteroatoms. The van der Waals surface area contributed by atoms with Crippen LogP contribution in [-0.4, -0.2) is 39.4 Å². The van der Waals surface area contributed by atoms with Gasteiger partial charge in [-0.05, 0) is 6.92 Å². The summed E-state index contributed by atoms with van der Waals surface area (Å²) in [5.74, 6) is 5.29. The highest BCUT2D eigenvalue weighted by Gasteiger charge is 2.36. The molecule has 0 saturated carbocycles. The Labute approximate surface area is 131 Å². The third kappa shape index (κ3) is 9.52. The second-order valence-corrected chi connectivity index (χ2v) is 16.7. The Morgan fingerprint density at radius 1 is 1.00 bits per heavy atom. The molecule has 0 aromatic carbocycles. The summed E-state index contributed by atoms with van der Waals surface area (Å²) in [6.07, 6.45) is 0.160. The van der Waals surface area contributed by atoms with E-state index in [4.69, 9.17) is 4.74 Å². The van der Waals surface area contributed by atoms with E-state index >= 15 is 0 Å². The molecule has 1 N–H and O–H groups in total. The summed E-state index contributed by atoms with van der Waals surface area (Å²) < 4.78 is 4.97. The van der Waals surface area contributed by atoms with Gasteiger partial charge < -0.3 is 9.84 Å². The summed E-state index contributed by atoms with van der Waals surface area (Å²) in [5.41, 5.74) is 4.71. The van der Waals surface area contributed by atoms with Crippen molar-refractivity contribution in [2.45, 2.75) is 64.6 Å². The van der Waals surface area contributed by atoms with Crippen LogP contribution in [-0.2, 0) is 9.53 Å². The summed E-state index contributed by atoms with van der Waals surface area (Å²) >= 11 is 0. The van der Waals surface area contributed by atoms with Crippen LogP contribution in [0, 0.1) is 22.9 Å². The average Bonchev–Trinajstić information content (AvgIpc) is 2.25. The lowest BCUT2D eigenvalue weighted by Crippen LogP contribution is -2.40. The normalized spacial score (nSPS) is 11.8. The van der Waals surface area contributed by atoms with Crippen molar-refractivity contribution in [2.75, 3.05) is 6.61 Å². The molecule has 0 aromatic heterocycles. The Bertz CT molecular complexity index is 442. The van der Waals surface area contributed by atoms with Crippen molar-refractivity contribution in [1.82, 2.24) is 0 Å². The second-order valence-electron chi connectivity index (χ2n) is 7.21. The molecule has 21 heavy (non-hydrogen) atoms. The number of esters is 1. The zero-order chi connectivity index (χ0) is 16.7. The molecule has 118 valence electrons. The smallest absolute Gasteiger partial charge is 0.340 e. The molecule has 0 amide bonds. The van der Waals surface area contributed by atoms with Crippen LogP contribution in [0.3, 0.4) is 0 Å². The third-order valence-electron chi connectivity index (χ3n) is 2.34. The monoisotopic (exact) mass is 324 g/mol. The Morgan fingerprint density at radius 2 is 1.38 bits per heavy atom. The molecular formula is C16H28O3Si2. The summed E-state index contributed by atoms with van der Waals surface area (Å²) in [6, 6.07) is 0. The Hall–Kier alpha value is -1.02. The number of carbonyl (C=O) groups is 1. The quantitative estimate of drug-likeness (QED) is 0.491. The minimum Gasteiger partial charge on any atom is -0.464 e. The van der Waals surface area contributed by atoms with Crippen molar-refractivity contribution in [2.24, 2.45) is 0 Å². The largest absolute Gasteiger partial charge is 0.464 e. The number of ether oxygens (including phenoxy) is 1. The molecule has 0 saturated heterocycles. The Balaban J connectivity index is 5.13. The minimum absolute atomic E-state index is 0.0798. The fourth-order valence-corrected chi connectivity index (χ4v) is 2.62. The van der Waals surface area contributed by atoms with E-state index in [9.17, 15) is 9.90 Å². The second kappa shape index (κ2) is 7.84. The van der Waals surface area contributed by atoms with E-state index in [1.807, 2.05) is 0 Å². The maximum absolute atomic E-state index is 12.0. The molecule has 0 aliphatic carbocycles. The van der Waals surface area contributed by atoms with E-state index < -0.39 is 27.7 Å². The summed E-state index contributed by atoms with van der Waals surface area (Å²) in [4.78, 5) is 12.0. The maximum atomic E-state index is 12.0. The first-order chi connectivity index (χ1) is 9.40. The van der Waals surface area contributed by atoms with E-state index in [0.29, 0.717) is 0 Å². The highest BCUT2D eigenvalue weighted by molar-refractivity contribution is 6.84. The van der Waals surface area contributed by atoms with Crippen LogP contribution in [0.1, 0.15) is 19.8 Å². The molecule has 0 unspecified atom stereocenters. The maximum Gasteiger partial charge on any atom is 0.340 e. The lowest BCUT2D eigenvalue weighted by molar-refractivity contribution is -0.163. The first-order valence-corrected chi connectivity index (χ1v) is 14.3. The van der Waals surface area contributed by atoms with Gasteiger partial charge in [0.2, 0.25) is 0 Å². The topological polar surface area (TPSA) is 46.5 Å². The molecule has 0 aliphatic rings. The summed E-state index contributed by atoms with van der Waals surface area (Å²) in [5, 5.41) is 10.6. The SMILES string of the molecule is CCOC(=O)C(O)(CC#C[Si](C)(C)C)CC#C[Si](C)(C)C. The number of aliphatic hydroxyl groups is 1. The molecule has 0 atom stereocenters. The fraction of sp³-hybridized carbons (Fsp3) is 0.688. The van der Waals surface area contributed by atoms with E-state index in [-0.39, 0.29) is 19.4 Å². The molecule has 0 radical (unpaired) electrons. The van der Waals surface area contributed by atoms with E-state index in [1.165, 1.54) is 0 Å². The average molecular weight is 325 g/mol. The number of rotatable bonds is 4. The summed E-state index contributed by atoms with van der Waals surface area (Å²) in [7, 11) is -3.05. The zero-order valence-corrected chi connectivity index (χ0v) is 16.4. The van der Waals surface area contributed by atoms with Crippen LogP contribution >= 0.6 is 0 Å². The van der Waals surface area contributed by atoms with Crippen LogP contribution < -0.4 is 0 Å². The minimum atomic E-state index is -1.62. The molecule has 0 fully saturated rings. The van der Waals surface area contributed by atoms with Crippen LogP contribution in [0.15, 0.2) is 0 Å². The summed E-state index contributed by atoms with van der Waals surface area (Å²) in [6.45, 7) is 14.7. The number of hydrogen-bond donors (Lipinski definition) is 1. The van der Waals surface area contributed by atoms with Gasteiger partial charge >= 0.3 is 5.97 Å². The molecular weight excluding hydrogens is 296 g/mol. The Kier molecular flexibility index (Phi) is 7.46. The van der Waals surface area contributed by atoms with Gasteiger partial charge in [-0.3, -0.25) is 0 Å². The van der Waals surface area contributed by atoms with Gasteiger partial charge in [0.15, 0.2) is 5.60 Å². The standard InChI is InChI=1S/C16H28O3Si2/c1-8-19-15(17)16(18,11-9-13-20(2,3)4)12-10-14-21(5,6)7/h18H,8,11-12H2,1-7H3. The first kappa shape index (κ1) is 20.0. The molecule has 0 spiro atoms. The third-order valence-corrected chi connectivity index (χ3v) is 4.20. The molecule has 0 rings (SSSR count). The van der Waals surface area contributed by atoms with Gasteiger partial charge in [-0.25, -0.2) is 4.79 Å². The highest BCUT2D eigenvalue weighted by Crippen LogP contribution is 2.17. The number of hydrogen-bond acceptors (Lipinski definition) is 3. The van der Waals surface area contributed by atoms with Gasteiger partial charge in [0.25, 0.3) is 0 Å². The zero-order valence-electron chi connectivity index (χ0n) is 14.4. The predicted octanol–water partition coefficient (Wildman–Crippen LogP) is 2.82. The van der Waals surface area contributed by atoms with Gasteiger partial charge in [0.05, 0.1) is 6.61 Å². The van der Waals surface area contributed by atoms with Crippen molar-refractivity contribution < 1.29 is 14.6 Å². The van der Waals surface area contributed by atoms with Gasteiger partial charge in [-0.15, -0.1) is 22.9 Å². The van der Waals surface area contributed by atoms with Gasteiger partial charge in [0.1, 0.15) is 16.1 Å². The van der Waals surface area contributed by atoms with Crippen molar-refractivity contribution in [1.29, 1.82) is 0 Å².